The van der Waals surface area contributed by atoms with E-state index in [0.717, 1.165) is 18.7 Å². The number of hydrogen-bond acceptors (Lipinski definition) is 2. The smallest absolute Gasteiger partial charge is 0.307 e. The number of carboxylic acids is 1. The number of amides is 1. The minimum atomic E-state index is -0.824. The Morgan fingerprint density at radius 3 is 2.62 bits per heavy atom. The van der Waals surface area contributed by atoms with Gasteiger partial charge in [-0.3, -0.25) is 9.59 Å². The first-order valence-electron chi connectivity index (χ1n) is 7.70. The Morgan fingerprint density at radius 1 is 1.19 bits per heavy atom. The number of nitrogens with zero attached hydrogens (tertiary/aromatic N) is 2. The molecule has 1 amide bonds. The van der Waals surface area contributed by atoms with Crippen LogP contribution < -0.4 is 0 Å². The number of carboxylic acid groups (broad SMARTS) is 1. The van der Waals surface area contributed by atoms with Gasteiger partial charge in [-0.1, -0.05) is 6.42 Å². The lowest BCUT2D eigenvalue weighted by Gasteiger charge is -2.37. The Balaban J connectivity index is 1.81. The zero-order chi connectivity index (χ0) is 15.1. The summed E-state index contributed by atoms with van der Waals surface area (Å²) in [6, 6.07) is 4.17. The Labute approximate surface area is 124 Å². The van der Waals surface area contributed by atoms with E-state index in [1.807, 2.05) is 11.8 Å². The Morgan fingerprint density at radius 2 is 1.90 bits per heavy atom. The van der Waals surface area contributed by atoms with Crippen LogP contribution in [0.1, 0.15) is 43.6 Å². The molecule has 1 saturated carbocycles. The lowest BCUT2D eigenvalue weighted by atomic mass is 9.93. The molecule has 114 valence electrons. The van der Waals surface area contributed by atoms with Crippen molar-refractivity contribution in [2.24, 2.45) is 11.8 Å². The van der Waals surface area contributed by atoms with Gasteiger partial charge in [0.05, 0.1) is 17.9 Å². The molecular weight excluding hydrogens is 268 g/mol. The average Bonchev–Trinajstić information content (AvgIpc) is 3.06. The highest BCUT2D eigenvalue weighted by Crippen LogP contribution is 2.36. The van der Waals surface area contributed by atoms with E-state index in [-0.39, 0.29) is 17.9 Å². The number of hydrogen-bond donors (Lipinski definition) is 1. The van der Waals surface area contributed by atoms with Gasteiger partial charge in [0, 0.05) is 24.5 Å². The topological polar surface area (TPSA) is 62.5 Å². The summed E-state index contributed by atoms with van der Waals surface area (Å²) in [6.45, 7) is 5.58. The van der Waals surface area contributed by atoms with E-state index < -0.39 is 11.9 Å². The van der Waals surface area contributed by atoms with Crippen molar-refractivity contribution in [1.29, 1.82) is 0 Å². The van der Waals surface area contributed by atoms with Gasteiger partial charge in [0.25, 0.3) is 0 Å². The van der Waals surface area contributed by atoms with Crippen LogP contribution in [-0.4, -0.2) is 33.0 Å². The highest BCUT2D eigenvalue weighted by Gasteiger charge is 2.41. The van der Waals surface area contributed by atoms with Crippen LogP contribution >= 0.6 is 0 Å². The molecule has 0 saturated heterocycles. The maximum Gasteiger partial charge on any atom is 0.307 e. The number of aliphatic carboxylic acids is 1. The standard InChI is InChI=1S/C16H22N2O3/c1-10-6-7-14-11(2)18(9-8-17(10)14)15(19)12-4-3-5-13(12)16(20)21/h6-7,11-13H,3-5,8-9H2,1-2H3,(H,20,21)/t11?,12-,13+/m1/s1. The predicted molar refractivity (Wildman–Crippen MR) is 77.8 cm³/mol. The lowest BCUT2D eigenvalue weighted by Crippen LogP contribution is -2.45. The summed E-state index contributed by atoms with van der Waals surface area (Å²) in [5, 5.41) is 9.28. The molecule has 1 aromatic rings. The summed E-state index contributed by atoms with van der Waals surface area (Å²) in [6.07, 6.45) is 2.17. The Hall–Kier alpha value is -1.78. The lowest BCUT2D eigenvalue weighted by molar-refractivity contribution is -0.150. The molecule has 2 aliphatic rings. The second-order valence-corrected chi connectivity index (χ2v) is 6.24. The van der Waals surface area contributed by atoms with E-state index >= 15 is 0 Å². The van der Waals surface area contributed by atoms with Gasteiger partial charge >= 0.3 is 5.97 Å². The highest BCUT2D eigenvalue weighted by molar-refractivity contribution is 5.85. The third kappa shape index (κ3) is 2.24. The fourth-order valence-electron chi connectivity index (χ4n) is 3.89. The van der Waals surface area contributed by atoms with Gasteiger partial charge in [0.15, 0.2) is 0 Å². The minimum absolute atomic E-state index is 0.0231. The molecule has 1 N–H and O–H groups in total. The van der Waals surface area contributed by atoms with Gasteiger partial charge in [-0.25, -0.2) is 0 Å². The highest BCUT2D eigenvalue weighted by atomic mass is 16.4. The number of carbonyl (C=O) groups is 2. The van der Waals surface area contributed by atoms with Crippen LogP contribution in [0.2, 0.25) is 0 Å². The van der Waals surface area contributed by atoms with E-state index in [4.69, 9.17) is 0 Å². The van der Waals surface area contributed by atoms with Crippen molar-refractivity contribution in [3.8, 4) is 0 Å². The molecule has 5 heteroatoms. The maximum absolute atomic E-state index is 12.8. The van der Waals surface area contributed by atoms with Crippen LogP contribution in [0.5, 0.6) is 0 Å². The van der Waals surface area contributed by atoms with Crippen molar-refractivity contribution in [2.45, 2.75) is 45.7 Å². The molecule has 21 heavy (non-hydrogen) atoms. The molecule has 1 aliphatic carbocycles. The van der Waals surface area contributed by atoms with E-state index in [9.17, 15) is 14.7 Å². The summed E-state index contributed by atoms with van der Waals surface area (Å²) >= 11 is 0. The van der Waals surface area contributed by atoms with Crippen molar-refractivity contribution >= 4 is 11.9 Å². The number of aryl methyl sites for hydroxylation is 1. The molecule has 0 radical (unpaired) electrons. The fourth-order valence-corrected chi connectivity index (χ4v) is 3.89. The number of fused-ring (bicyclic) bond motifs is 1. The van der Waals surface area contributed by atoms with Gasteiger partial charge in [0.2, 0.25) is 5.91 Å². The summed E-state index contributed by atoms with van der Waals surface area (Å²) in [5.41, 5.74) is 2.37. The Bertz CT molecular complexity index is 578. The van der Waals surface area contributed by atoms with Crippen LogP contribution in [-0.2, 0) is 16.1 Å². The summed E-state index contributed by atoms with van der Waals surface area (Å²) in [4.78, 5) is 26.0. The predicted octanol–water partition coefficient (Wildman–Crippen LogP) is 2.20. The van der Waals surface area contributed by atoms with E-state index in [0.29, 0.717) is 19.4 Å². The average molecular weight is 290 g/mol. The van der Waals surface area contributed by atoms with E-state index in [1.165, 1.54) is 5.69 Å². The van der Waals surface area contributed by atoms with Crippen LogP contribution in [0.15, 0.2) is 12.1 Å². The van der Waals surface area contributed by atoms with Gasteiger partial charge in [-0.15, -0.1) is 0 Å². The minimum Gasteiger partial charge on any atom is -0.481 e. The van der Waals surface area contributed by atoms with E-state index in [2.05, 4.69) is 23.6 Å². The van der Waals surface area contributed by atoms with Crippen molar-refractivity contribution in [2.75, 3.05) is 6.54 Å². The van der Waals surface area contributed by atoms with Gasteiger partial charge in [-0.05, 0) is 38.8 Å². The number of aromatic nitrogens is 1. The second-order valence-electron chi connectivity index (χ2n) is 6.24. The van der Waals surface area contributed by atoms with Crippen LogP contribution in [0, 0.1) is 18.8 Å². The van der Waals surface area contributed by atoms with Crippen LogP contribution in [0.25, 0.3) is 0 Å². The molecule has 1 aromatic heterocycles. The fraction of sp³-hybridized carbons (Fsp3) is 0.625. The molecule has 0 bridgehead atoms. The van der Waals surface area contributed by atoms with Gasteiger partial charge < -0.3 is 14.6 Å². The Kier molecular flexibility index (Phi) is 3.51. The molecule has 2 heterocycles. The molecule has 5 nitrogen and oxygen atoms in total. The number of carbonyl (C=O) groups excluding carboxylic acids is 1. The first-order chi connectivity index (χ1) is 10.0. The summed E-state index contributed by atoms with van der Waals surface area (Å²) < 4.78 is 2.25. The summed E-state index contributed by atoms with van der Waals surface area (Å²) in [7, 11) is 0. The molecular formula is C16H22N2O3. The summed E-state index contributed by atoms with van der Waals surface area (Å²) in [5.74, 6) is -1.64. The van der Waals surface area contributed by atoms with E-state index in [1.54, 1.807) is 0 Å². The zero-order valence-corrected chi connectivity index (χ0v) is 12.6. The first kappa shape index (κ1) is 14.2. The first-order valence-corrected chi connectivity index (χ1v) is 7.70. The molecule has 1 unspecified atom stereocenters. The largest absolute Gasteiger partial charge is 0.481 e. The SMILES string of the molecule is Cc1ccc2n1CCN(C(=O)[C@@H]1CCC[C@@H]1C(=O)O)C2C. The van der Waals surface area contributed by atoms with Crippen molar-refractivity contribution in [3.63, 3.8) is 0 Å². The molecule has 3 rings (SSSR count). The van der Waals surface area contributed by atoms with Crippen molar-refractivity contribution in [1.82, 2.24) is 9.47 Å². The quantitative estimate of drug-likeness (QED) is 0.908. The normalized spacial score (nSPS) is 28.5. The van der Waals surface area contributed by atoms with Crippen molar-refractivity contribution < 1.29 is 14.7 Å². The van der Waals surface area contributed by atoms with Crippen LogP contribution in [0.4, 0.5) is 0 Å². The monoisotopic (exact) mass is 290 g/mol. The van der Waals surface area contributed by atoms with Crippen molar-refractivity contribution in [3.05, 3.63) is 23.5 Å². The molecule has 3 atom stereocenters. The molecule has 1 aliphatic heterocycles. The number of rotatable bonds is 2. The van der Waals surface area contributed by atoms with Crippen LogP contribution in [0.3, 0.4) is 0 Å². The molecule has 0 spiro atoms. The molecule has 1 fully saturated rings. The van der Waals surface area contributed by atoms with Gasteiger partial charge in [0.1, 0.15) is 0 Å². The van der Waals surface area contributed by atoms with Gasteiger partial charge in [-0.2, -0.15) is 0 Å². The third-order valence-electron chi connectivity index (χ3n) is 5.13. The third-order valence-corrected chi connectivity index (χ3v) is 5.13. The maximum atomic E-state index is 12.8. The second kappa shape index (κ2) is 5.20. The zero-order valence-electron chi connectivity index (χ0n) is 12.6. The molecule has 0 aromatic carbocycles.